The standard InChI is InChI=1S/C21H28N6O2/c1-5-14-6-7-17-15(12-14)13-16(20(28)22-17)18(26-8-10-29-11-9-26)19-23-24-25-27(19)21(2,3)4/h6-7,12-13,18H,5,8-11H2,1-4H3,(H,22,28). The maximum atomic E-state index is 13.1. The van der Waals surface area contributed by atoms with Crippen LogP contribution in [0.1, 0.15) is 50.7 Å². The number of morpholine rings is 1. The van der Waals surface area contributed by atoms with Crippen molar-refractivity contribution in [3.63, 3.8) is 0 Å². The lowest BCUT2D eigenvalue weighted by molar-refractivity contribution is 0.0206. The number of nitrogens with zero attached hydrogens (tertiary/aromatic N) is 5. The maximum absolute atomic E-state index is 13.1. The Labute approximate surface area is 169 Å². The van der Waals surface area contributed by atoms with Crippen molar-refractivity contribution in [1.29, 1.82) is 0 Å². The van der Waals surface area contributed by atoms with Gasteiger partial charge in [-0.15, -0.1) is 5.10 Å². The molecule has 1 atom stereocenters. The first-order valence-electron chi connectivity index (χ1n) is 10.1. The summed E-state index contributed by atoms with van der Waals surface area (Å²) in [4.78, 5) is 18.4. The lowest BCUT2D eigenvalue weighted by Gasteiger charge is -2.34. The van der Waals surface area contributed by atoms with E-state index in [0.717, 1.165) is 17.3 Å². The van der Waals surface area contributed by atoms with Gasteiger partial charge in [-0.2, -0.15) is 0 Å². The molecule has 1 aliphatic heterocycles. The number of H-pyrrole nitrogens is 1. The van der Waals surface area contributed by atoms with Crippen LogP contribution in [-0.4, -0.2) is 56.4 Å². The Bertz CT molecular complexity index is 1060. The van der Waals surface area contributed by atoms with Crippen molar-refractivity contribution in [1.82, 2.24) is 30.1 Å². The third-order valence-corrected chi connectivity index (χ3v) is 5.42. The topological polar surface area (TPSA) is 88.9 Å². The lowest BCUT2D eigenvalue weighted by Crippen LogP contribution is -2.43. The van der Waals surface area contributed by atoms with E-state index in [9.17, 15) is 4.79 Å². The van der Waals surface area contributed by atoms with Gasteiger partial charge in [0.2, 0.25) is 0 Å². The maximum Gasteiger partial charge on any atom is 0.253 e. The molecule has 8 nitrogen and oxygen atoms in total. The average Bonchev–Trinajstić information content (AvgIpc) is 3.19. The van der Waals surface area contributed by atoms with Crippen LogP contribution in [0, 0.1) is 0 Å². The fourth-order valence-corrected chi connectivity index (χ4v) is 3.87. The fourth-order valence-electron chi connectivity index (χ4n) is 3.87. The second kappa shape index (κ2) is 7.68. The minimum atomic E-state index is -0.341. The van der Waals surface area contributed by atoms with Gasteiger partial charge in [0.25, 0.3) is 5.56 Å². The number of aromatic nitrogens is 5. The monoisotopic (exact) mass is 396 g/mol. The molecule has 1 N–H and O–H groups in total. The lowest BCUT2D eigenvalue weighted by atomic mass is 10.0. The molecule has 1 unspecified atom stereocenters. The minimum absolute atomic E-state index is 0.110. The van der Waals surface area contributed by atoms with Crippen LogP contribution in [0.25, 0.3) is 10.9 Å². The Kier molecular flexibility index (Phi) is 5.23. The van der Waals surface area contributed by atoms with Crippen LogP contribution in [0.5, 0.6) is 0 Å². The molecule has 1 aromatic carbocycles. The molecular formula is C21H28N6O2. The summed E-state index contributed by atoms with van der Waals surface area (Å²) in [7, 11) is 0. The number of benzene rings is 1. The summed E-state index contributed by atoms with van der Waals surface area (Å²) in [6.07, 6.45) is 0.944. The van der Waals surface area contributed by atoms with E-state index in [1.165, 1.54) is 5.56 Å². The van der Waals surface area contributed by atoms with Crippen LogP contribution in [0.2, 0.25) is 0 Å². The van der Waals surface area contributed by atoms with E-state index in [1.54, 1.807) is 0 Å². The smallest absolute Gasteiger partial charge is 0.253 e. The fraction of sp³-hybridized carbons (Fsp3) is 0.524. The Morgan fingerprint density at radius 3 is 2.66 bits per heavy atom. The minimum Gasteiger partial charge on any atom is -0.379 e. The number of hydrogen-bond acceptors (Lipinski definition) is 6. The van der Waals surface area contributed by atoms with Gasteiger partial charge in [-0.25, -0.2) is 4.68 Å². The van der Waals surface area contributed by atoms with E-state index in [0.29, 0.717) is 37.7 Å². The molecule has 3 aromatic rings. The highest BCUT2D eigenvalue weighted by Crippen LogP contribution is 2.30. The third kappa shape index (κ3) is 3.82. The summed E-state index contributed by atoms with van der Waals surface area (Å²) in [6.45, 7) is 11.0. The van der Waals surface area contributed by atoms with Crippen molar-refractivity contribution >= 4 is 10.9 Å². The molecule has 4 rings (SSSR count). The number of hydrogen-bond donors (Lipinski definition) is 1. The number of nitrogens with one attached hydrogen (secondary N) is 1. The van der Waals surface area contributed by atoms with E-state index in [1.807, 2.05) is 16.8 Å². The zero-order valence-electron chi connectivity index (χ0n) is 17.5. The molecular weight excluding hydrogens is 368 g/mol. The average molecular weight is 396 g/mol. The molecule has 0 amide bonds. The summed E-state index contributed by atoms with van der Waals surface area (Å²) in [5.74, 6) is 0.677. The Morgan fingerprint density at radius 1 is 1.21 bits per heavy atom. The molecule has 8 heteroatoms. The Hall–Kier alpha value is -2.58. The highest BCUT2D eigenvalue weighted by Gasteiger charge is 2.34. The van der Waals surface area contributed by atoms with Crippen molar-refractivity contribution in [3.8, 4) is 0 Å². The summed E-state index contributed by atoms with van der Waals surface area (Å²) < 4.78 is 7.36. The second-order valence-corrected chi connectivity index (χ2v) is 8.50. The molecule has 3 heterocycles. The van der Waals surface area contributed by atoms with Gasteiger partial charge in [0.15, 0.2) is 5.82 Å². The van der Waals surface area contributed by atoms with E-state index in [-0.39, 0.29) is 17.1 Å². The van der Waals surface area contributed by atoms with Crippen molar-refractivity contribution in [2.45, 2.75) is 45.7 Å². The number of ether oxygens (including phenoxy) is 1. The third-order valence-electron chi connectivity index (χ3n) is 5.42. The van der Waals surface area contributed by atoms with E-state index in [4.69, 9.17) is 4.74 Å². The Morgan fingerprint density at radius 2 is 1.97 bits per heavy atom. The van der Waals surface area contributed by atoms with Crippen LogP contribution in [0.4, 0.5) is 0 Å². The van der Waals surface area contributed by atoms with Gasteiger partial charge in [0, 0.05) is 24.2 Å². The van der Waals surface area contributed by atoms with Gasteiger partial charge in [-0.3, -0.25) is 9.69 Å². The van der Waals surface area contributed by atoms with Gasteiger partial charge in [0.05, 0.1) is 18.8 Å². The Balaban J connectivity index is 1.91. The summed E-state index contributed by atoms with van der Waals surface area (Å²) in [5, 5.41) is 13.6. The molecule has 1 saturated heterocycles. The molecule has 0 spiro atoms. The molecule has 1 fully saturated rings. The molecule has 0 aliphatic carbocycles. The predicted molar refractivity (Wildman–Crippen MR) is 111 cm³/mol. The van der Waals surface area contributed by atoms with Gasteiger partial charge in [-0.05, 0) is 66.8 Å². The van der Waals surface area contributed by atoms with Crippen molar-refractivity contribution < 1.29 is 4.74 Å². The molecule has 0 saturated carbocycles. The first-order chi connectivity index (χ1) is 13.9. The number of aromatic amines is 1. The zero-order chi connectivity index (χ0) is 20.6. The quantitative estimate of drug-likeness (QED) is 0.728. The highest BCUT2D eigenvalue weighted by molar-refractivity contribution is 5.80. The van der Waals surface area contributed by atoms with Crippen molar-refractivity contribution in [3.05, 3.63) is 51.6 Å². The SMILES string of the molecule is CCc1ccc2[nH]c(=O)c(C(c3nnnn3C(C)(C)C)N3CCOCC3)cc2c1. The van der Waals surface area contributed by atoms with Gasteiger partial charge in [-0.1, -0.05) is 13.0 Å². The van der Waals surface area contributed by atoms with E-state index in [2.05, 4.69) is 65.2 Å². The number of fused-ring (bicyclic) bond motifs is 1. The number of aryl methyl sites for hydroxylation is 1. The molecule has 2 aromatic heterocycles. The normalized spacial score (nSPS) is 17.0. The van der Waals surface area contributed by atoms with Gasteiger partial charge >= 0.3 is 0 Å². The molecule has 0 bridgehead atoms. The molecule has 29 heavy (non-hydrogen) atoms. The summed E-state index contributed by atoms with van der Waals surface area (Å²) in [6, 6.07) is 7.82. The number of tetrazole rings is 1. The van der Waals surface area contributed by atoms with Crippen molar-refractivity contribution in [2.75, 3.05) is 26.3 Å². The van der Waals surface area contributed by atoms with Crippen molar-refractivity contribution in [2.24, 2.45) is 0 Å². The van der Waals surface area contributed by atoms with Crippen LogP contribution in [0.3, 0.4) is 0 Å². The van der Waals surface area contributed by atoms with E-state index >= 15 is 0 Å². The zero-order valence-corrected chi connectivity index (χ0v) is 17.5. The second-order valence-electron chi connectivity index (χ2n) is 8.50. The first-order valence-corrected chi connectivity index (χ1v) is 10.1. The van der Waals surface area contributed by atoms with Gasteiger partial charge in [0.1, 0.15) is 6.04 Å². The molecule has 1 aliphatic rings. The number of pyridine rings is 1. The van der Waals surface area contributed by atoms with Crippen LogP contribution in [0.15, 0.2) is 29.1 Å². The van der Waals surface area contributed by atoms with Gasteiger partial charge < -0.3 is 9.72 Å². The first kappa shape index (κ1) is 19.7. The van der Waals surface area contributed by atoms with Crippen LogP contribution < -0.4 is 5.56 Å². The molecule has 0 radical (unpaired) electrons. The van der Waals surface area contributed by atoms with E-state index < -0.39 is 0 Å². The largest absolute Gasteiger partial charge is 0.379 e. The predicted octanol–water partition coefficient (Wildman–Crippen LogP) is 2.25. The summed E-state index contributed by atoms with van der Waals surface area (Å²) in [5.41, 5.74) is 2.32. The van der Waals surface area contributed by atoms with Crippen LogP contribution >= 0.6 is 0 Å². The van der Waals surface area contributed by atoms with Crippen LogP contribution in [-0.2, 0) is 16.7 Å². The highest BCUT2D eigenvalue weighted by atomic mass is 16.5. The molecule has 154 valence electrons. The summed E-state index contributed by atoms with van der Waals surface area (Å²) >= 11 is 0. The number of rotatable bonds is 4.